The minimum atomic E-state index is -0.841. The zero-order valence-electron chi connectivity index (χ0n) is 12.6. The first-order valence-corrected chi connectivity index (χ1v) is 7.36. The molecule has 0 unspecified atom stereocenters. The van der Waals surface area contributed by atoms with Crippen LogP contribution >= 0.6 is 11.6 Å². The third-order valence-electron chi connectivity index (χ3n) is 3.20. The molecule has 0 aliphatic rings. The van der Waals surface area contributed by atoms with Gasteiger partial charge in [-0.1, -0.05) is 17.7 Å². The van der Waals surface area contributed by atoms with Crippen LogP contribution in [0.5, 0.6) is 5.75 Å². The fourth-order valence-electron chi connectivity index (χ4n) is 2.05. The molecule has 0 spiro atoms. The maximum Gasteiger partial charge on any atom is 0.259 e. The Balaban J connectivity index is 1.84. The van der Waals surface area contributed by atoms with E-state index < -0.39 is 5.60 Å². The Kier molecular flexibility index (Phi) is 4.05. The van der Waals surface area contributed by atoms with E-state index in [1.807, 2.05) is 13.8 Å². The van der Waals surface area contributed by atoms with E-state index >= 15 is 0 Å². The Labute approximate surface area is 137 Å². The van der Waals surface area contributed by atoms with Crippen molar-refractivity contribution in [2.45, 2.75) is 19.4 Å². The molecule has 0 aliphatic carbocycles. The van der Waals surface area contributed by atoms with Crippen molar-refractivity contribution in [2.75, 3.05) is 0 Å². The van der Waals surface area contributed by atoms with Crippen molar-refractivity contribution in [3.8, 4) is 17.2 Å². The largest absolute Gasteiger partial charge is 0.478 e. The van der Waals surface area contributed by atoms with Crippen LogP contribution in [0.25, 0.3) is 11.5 Å². The van der Waals surface area contributed by atoms with E-state index in [2.05, 4.69) is 10.2 Å². The molecule has 0 saturated carbocycles. The summed E-state index contributed by atoms with van der Waals surface area (Å²) in [5.74, 6) is 0.808. The van der Waals surface area contributed by atoms with Gasteiger partial charge in [-0.3, -0.25) is 0 Å². The third kappa shape index (κ3) is 3.51. The predicted octanol–water partition coefficient (Wildman–Crippen LogP) is 4.84. The molecule has 2 aromatic carbocycles. The molecule has 0 bridgehead atoms. The summed E-state index contributed by atoms with van der Waals surface area (Å²) < 4.78 is 24.8. The lowest BCUT2D eigenvalue weighted by Gasteiger charge is -2.22. The van der Waals surface area contributed by atoms with Gasteiger partial charge in [-0.05, 0) is 56.3 Å². The summed E-state index contributed by atoms with van der Waals surface area (Å²) in [5.41, 5.74) is -0.321. The summed E-state index contributed by atoms with van der Waals surface area (Å²) in [6.07, 6.45) is 0. The van der Waals surface area contributed by atoms with E-state index in [1.165, 1.54) is 12.1 Å². The van der Waals surface area contributed by atoms with Gasteiger partial charge in [0.25, 0.3) is 5.89 Å². The molecule has 0 N–H and O–H groups in total. The van der Waals surface area contributed by atoms with Crippen molar-refractivity contribution in [3.05, 3.63) is 65.3 Å². The third-order valence-corrected chi connectivity index (χ3v) is 3.45. The average molecular weight is 333 g/mol. The number of rotatable bonds is 4. The molecular formula is C17H14ClFN2O2. The van der Waals surface area contributed by atoms with Gasteiger partial charge in [0, 0.05) is 10.6 Å². The zero-order chi connectivity index (χ0) is 16.4. The average Bonchev–Trinajstić information content (AvgIpc) is 3.00. The van der Waals surface area contributed by atoms with Gasteiger partial charge in [0.1, 0.15) is 11.6 Å². The van der Waals surface area contributed by atoms with Crippen molar-refractivity contribution in [1.82, 2.24) is 10.2 Å². The maximum atomic E-state index is 13.3. The molecular weight excluding hydrogens is 319 g/mol. The van der Waals surface area contributed by atoms with Crippen molar-refractivity contribution < 1.29 is 13.5 Å². The topological polar surface area (TPSA) is 48.2 Å². The van der Waals surface area contributed by atoms with Crippen LogP contribution < -0.4 is 4.74 Å². The molecule has 0 aliphatic heterocycles. The summed E-state index contributed by atoms with van der Waals surface area (Å²) >= 11 is 5.86. The molecule has 0 amide bonds. The summed E-state index contributed by atoms with van der Waals surface area (Å²) in [5, 5.41) is 8.61. The van der Waals surface area contributed by atoms with Crippen LogP contribution in [0.2, 0.25) is 5.02 Å². The lowest BCUT2D eigenvalue weighted by atomic mass is 10.1. The SMILES string of the molecule is CC(C)(Oc1ccc(Cl)cc1)c1nnc(-c2cccc(F)c2)o1. The van der Waals surface area contributed by atoms with Gasteiger partial charge in [-0.15, -0.1) is 10.2 Å². The number of benzene rings is 2. The maximum absolute atomic E-state index is 13.3. The molecule has 3 aromatic rings. The van der Waals surface area contributed by atoms with E-state index in [0.717, 1.165) is 0 Å². The first kappa shape index (κ1) is 15.5. The smallest absolute Gasteiger partial charge is 0.259 e. The first-order valence-electron chi connectivity index (χ1n) is 6.98. The van der Waals surface area contributed by atoms with Gasteiger partial charge < -0.3 is 9.15 Å². The van der Waals surface area contributed by atoms with Crippen molar-refractivity contribution >= 4 is 11.6 Å². The number of halogens is 2. The molecule has 4 nitrogen and oxygen atoms in total. The second-order valence-corrected chi connectivity index (χ2v) is 5.93. The first-order chi connectivity index (χ1) is 10.9. The summed E-state index contributed by atoms with van der Waals surface area (Å²) in [6, 6.07) is 13.0. The zero-order valence-corrected chi connectivity index (χ0v) is 13.3. The van der Waals surface area contributed by atoms with E-state index in [1.54, 1.807) is 36.4 Å². The predicted molar refractivity (Wildman–Crippen MR) is 84.8 cm³/mol. The molecule has 0 radical (unpaired) electrons. The van der Waals surface area contributed by atoms with E-state index in [0.29, 0.717) is 22.2 Å². The van der Waals surface area contributed by atoms with Crippen LogP contribution in [0.3, 0.4) is 0 Å². The Morgan fingerprint density at radius 1 is 1.09 bits per heavy atom. The van der Waals surface area contributed by atoms with Crippen LogP contribution in [-0.4, -0.2) is 10.2 Å². The molecule has 118 valence electrons. The molecule has 0 fully saturated rings. The lowest BCUT2D eigenvalue weighted by Crippen LogP contribution is -2.25. The fourth-order valence-corrected chi connectivity index (χ4v) is 2.17. The van der Waals surface area contributed by atoms with E-state index in [-0.39, 0.29) is 11.7 Å². The number of hydrogen-bond donors (Lipinski definition) is 0. The van der Waals surface area contributed by atoms with E-state index in [9.17, 15) is 4.39 Å². The number of ether oxygens (including phenoxy) is 1. The van der Waals surface area contributed by atoms with E-state index in [4.69, 9.17) is 20.8 Å². The van der Waals surface area contributed by atoms with Gasteiger partial charge in [-0.25, -0.2) is 4.39 Å². The standard InChI is InChI=1S/C17H14ClFN2O2/c1-17(2,23-14-8-6-12(18)7-9-14)16-21-20-15(22-16)11-4-3-5-13(19)10-11/h3-10H,1-2H3. The highest BCUT2D eigenvalue weighted by molar-refractivity contribution is 6.30. The highest BCUT2D eigenvalue weighted by Gasteiger charge is 2.30. The Morgan fingerprint density at radius 3 is 2.52 bits per heavy atom. The Bertz CT molecular complexity index is 815. The minimum Gasteiger partial charge on any atom is -0.478 e. The molecule has 23 heavy (non-hydrogen) atoms. The highest BCUT2D eigenvalue weighted by atomic mass is 35.5. The van der Waals surface area contributed by atoms with Gasteiger partial charge in [0.2, 0.25) is 5.89 Å². The minimum absolute atomic E-state index is 0.243. The van der Waals surface area contributed by atoms with Crippen LogP contribution in [0.1, 0.15) is 19.7 Å². The number of hydrogen-bond acceptors (Lipinski definition) is 4. The van der Waals surface area contributed by atoms with Crippen LogP contribution in [0, 0.1) is 5.82 Å². The van der Waals surface area contributed by atoms with Crippen molar-refractivity contribution in [3.63, 3.8) is 0 Å². The monoisotopic (exact) mass is 332 g/mol. The Hall–Kier alpha value is -2.40. The Morgan fingerprint density at radius 2 is 1.83 bits per heavy atom. The molecule has 3 rings (SSSR count). The lowest BCUT2D eigenvalue weighted by molar-refractivity contribution is 0.0770. The molecule has 1 heterocycles. The van der Waals surface area contributed by atoms with Gasteiger partial charge in [0.05, 0.1) is 0 Å². The molecule has 6 heteroatoms. The number of nitrogens with zero attached hydrogens (tertiary/aromatic N) is 2. The quantitative estimate of drug-likeness (QED) is 0.685. The second kappa shape index (κ2) is 6.01. The fraction of sp³-hybridized carbons (Fsp3) is 0.176. The van der Waals surface area contributed by atoms with Crippen molar-refractivity contribution in [1.29, 1.82) is 0 Å². The second-order valence-electron chi connectivity index (χ2n) is 5.49. The molecule has 0 saturated heterocycles. The number of aromatic nitrogens is 2. The van der Waals surface area contributed by atoms with Gasteiger partial charge >= 0.3 is 0 Å². The van der Waals surface area contributed by atoms with Gasteiger partial charge in [-0.2, -0.15) is 0 Å². The van der Waals surface area contributed by atoms with Crippen molar-refractivity contribution in [2.24, 2.45) is 0 Å². The molecule has 0 atom stereocenters. The summed E-state index contributed by atoms with van der Waals surface area (Å²) in [4.78, 5) is 0. The van der Waals surface area contributed by atoms with Crippen LogP contribution in [0.4, 0.5) is 4.39 Å². The highest BCUT2D eigenvalue weighted by Crippen LogP contribution is 2.29. The summed E-state index contributed by atoms with van der Waals surface area (Å²) in [6.45, 7) is 3.62. The summed E-state index contributed by atoms with van der Waals surface area (Å²) in [7, 11) is 0. The van der Waals surface area contributed by atoms with Crippen LogP contribution in [0.15, 0.2) is 52.9 Å². The van der Waals surface area contributed by atoms with Gasteiger partial charge in [0.15, 0.2) is 5.60 Å². The molecule has 1 aromatic heterocycles. The van der Waals surface area contributed by atoms with Crippen LogP contribution in [-0.2, 0) is 5.60 Å². The normalized spacial score (nSPS) is 11.5.